The molecule has 26 heavy (non-hydrogen) atoms. The molecule has 0 saturated heterocycles. The lowest BCUT2D eigenvalue weighted by Gasteiger charge is -2.01. The van der Waals surface area contributed by atoms with Gasteiger partial charge < -0.3 is 0 Å². The van der Waals surface area contributed by atoms with Crippen LogP contribution in [0.3, 0.4) is 0 Å². The predicted octanol–water partition coefficient (Wildman–Crippen LogP) is 5.92. The minimum Gasteiger partial charge on any atom is -0.223 e. The first-order valence-corrected chi connectivity index (χ1v) is 8.54. The van der Waals surface area contributed by atoms with Crippen molar-refractivity contribution in [1.82, 2.24) is 9.97 Å². The van der Waals surface area contributed by atoms with E-state index in [1.807, 2.05) is 0 Å². The number of rotatable bonds is 2. The summed E-state index contributed by atoms with van der Waals surface area (Å²) in [6.45, 7) is 0. The second kappa shape index (κ2) is 6.06. The van der Waals surface area contributed by atoms with Crippen LogP contribution in [0.5, 0.6) is 0 Å². The van der Waals surface area contributed by atoms with Gasteiger partial charge in [-0.15, -0.1) is 0 Å². The Kier molecular flexibility index (Phi) is 3.96. The normalized spacial score (nSPS) is 11.5. The molecule has 0 atom stereocenters. The summed E-state index contributed by atoms with van der Waals surface area (Å²) in [6, 6.07) is 2.41. The monoisotopic (exact) mass is 402 g/mol. The molecule has 2 aromatic heterocycles. The minimum atomic E-state index is -1.36. The summed E-state index contributed by atoms with van der Waals surface area (Å²) < 4.78 is 81.1. The van der Waals surface area contributed by atoms with E-state index in [4.69, 9.17) is 0 Å². The van der Waals surface area contributed by atoms with Crippen LogP contribution in [0.2, 0.25) is 0 Å². The average Bonchev–Trinajstić information content (AvgIpc) is 3.13. The first-order chi connectivity index (χ1) is 12.3. The lowest BCUT2D eigenvalue weighted by molar-refractivity contribution is 0.497. The molecule has 2 aromatic carbocycles. The largest absolute Gasteiger partial charge is 0.223 e. The Labute approximate surface area is 149 Å². The van der Waals surface area contributed by atoms with E-state index in [2.05, 4.69) is 9.97 Å². The number of hydrogen-bond acceptors (Lipinski definition) is 4. The highest BCUT2D eigenvalue weighted by Crippen LogP contribution is 2.38. The van der Waals surface area contributed by atoms with Crippen LogP contribution < -0.4 is 0 Å². The van der Waals surface area contributed by atoms with Gasteiger partial charge in [-0.2, -0.15) is 0 Å². The molecule has 2 nitrogen and oxygen atoms in total. The highest BCUT2D eigenvalue weighted by Gasteiger charge is 2.21. The van der Waals surface area contributed by atoms with Gasteiger partial charge in [-0.05, 0) is 12.1 Å². The van der Waals surface area contributed by atoms with Crippen LogP contribution in [0.4, 0.5) is 26.3 Å². The van der Waals surface area contributed by atoms with Crippen molar-refractivity contribution in [2.24, 2.45) is 0 Å². The molecule has 0 saturated carbocycles. The number of nitrogens with zero attached hydrogens (tertiary/aromatic N) is 2. The van der Waals surface area contributed by atoms with E-state index in [1.165, 1.54) is 0 Å². The number of hydrogen-bond donors (Lipinski definition) is 0. The summed E-state index contributed by atoms with van der Waals surface area (Å²) in [5.74, 6) is -7.17. The van der Waals surface area contributed by atoms with Crippen molar-refractivity contribution in [3.63, 3.8) is 0 Å². The van der Waals surface area contributed by atoms with E-state index < -0.39 is 34.9 Å². The third-order valence-electron chi connectivity index (χ3n) is 3.42. The second-order valence-corrected chi connectivity index (χ2v) is 7.10. The van der Waals surface area contributed by atoms with Gasteiger partial charge in [0.25, 0.3) is 0 Å². The summed E-state index contributed by atoms with van der Waals surface area (Å²) in [6.07, 6.45) is 0. The predicted molar refractivity (Wildman–Crippen MR) is 85.9 cm³/mol. The zero-order valence-corrected chi connectivity index (χ0v) is 13.9. The molecule has 4 rings (SSSR count). The molecule has 0 aliphatic heterocycles. The Bertz CT molecular complexity index is 1050. The Morgan fingerprint density at radius 3 is 1.35 bits per heavy atom. The van der Waals surface area contributed by atoms with Gasteiger partial charge in [0.1, 0.15) is 21.6 Å². The van der Waals surface area contributed by atoms with Gasteiger partial charge in [0.15, 0.2) is 32.9 Å². The Morgan fingerprint density at radius 1 is 0.577 bits per heavy atom. The number of halogens is 6. The molecule has 132 valence electrons. The SMILES string of the molecule is Fc1cc(F)c(F)c(-c2nc3sc(-c4cc(F)cc(F)c4F)nc3s2)c1. The number of benzene rings is 2. The van der Waals surface area contributed by atoms with Gasteiger partial charge in [0.05, 0.1) is 11.1 Å². The topological polar surface area (TPSA) is 25.8 Å². The molecule has 0 radical (unpaired) electrons. The van der Waals surface area contributed by atoms with E-state index in [0.717, 1.165) is 34.8 Å². The molecule has 0 unspecified atom stereocenters. The maximum atomic E-state index is 13.9. The van der Waals surface area contributed by atoms with Gasteiger partial charge in [-0.1, -0.05) is 22.7 Å². The fourth-order valence-electron chi connectivity index (χ4n) is 2.30. The molecule has 2 heterocycles. The van der Waals surface area contributed by atoms with E-state index in [-0.39, 0.29) is 30.8 Å². The molecule has 0 fully saturated rings. The average molecular weight is 402 g/mol. The molecule has 0 amide bonds. The first-order valence-electron chi connectivity index (χ1n) is 6.90. The van der Waals surface area contributed by atoms with Crippen molar-refractivity contribution in [3.05, 3.63) is 59.2 Å². The quantitative estimate of drug-likeness (QED) is 0.307. The fraction of sp³-hybridized carbons (Fsp3) is 0. The van der Waals surface area contributed by atoms with E-state index >= 15 is 0 Å². The molecule has 0 N–H and O–H groups in total. The standard InChI is InChI=1S/C16H4F6N2S2/c17-5-1-7(11(21)9(19)3-5)13-23-15-16(25-13)24-14(26-15)8-2-6(18)4-10(20)12(8)22/h1-4H. The second-order valence-electron chi connectivity index (χ2n) is 5.15. The Hall–Kier alpha value is -2.46. The first kappa shape index (κ1) is 17.0. The van der Waals surface area contributed by atoms with E-state index in [1.54, 1.807) is 0 Å². The fourth-order valence-corrected chi connectivity index (χ4v) is 4.36. The minimum absolute atomic E-state index is 0.0212. The van der Waals surface area contributed by atoms with Gasteiger partial charge in [-0.25, -0.2) is 36.3 Å². The summed E-state index contributed by atoms with van der Waals surface area (Å²) in [5.41, 5.74) is -0.746. The molecular formula is C16H4F6N2S2. The molecule has 10 heteroatoms. The van der Waals surface area contributed by atoms with Crippen molar-refractivity contribution >= 4 is 32.3 Å². The maximum absolute atomic E-state index is 13.9. The van der Waals surface area contributed by atoms with Gasteiger partial charge >= 0.3 is 0 Å². The molecule has 0 spiro atoms. The van der Waals surface area contributed by atoms with Gasteiger partial charge in [0.2, 0.25) is 0 Å². The number of aromatic nitrogens is 2. The van der Waals surface area contributed by atoms with Crippen LogP contribution in [0.1, 0.15) is 0 Å². The van der Waals surface area contributed by atoms with Crippen molar-refractivity contribution in [3.8, 4) is 21.1 Å². The van der Waals surface area contributed by atoms with Crippen LogP contribution >= 0.6 is 22.7 Å². The summed E-state index contributed by atoms with van der Waals surface area (Å²) in [7, 11) is 0. The van der Waals surface area contributed by atoms with E-state index in [0.29, 0.717) is 12.1 Å². The lowest BCUT2D eigenvalue weighted by Crippen LogP contribution is -1.92. The maximum Gasteiger partial charge on any atom is 0.169 e. The van der Waals surface area contributed by atoms with Crippen LogP contribution in [-0.2, 0) is 0 Å². The van der Waals surface area contributed by atoms with Crippen LogP contribution in [0, 0.1) is 34.9 Å². The molecule has 0 aliphatic carbocycles. The Balaban J connectivity index is 1.83. The third-order valence-corrected chi connectivity index (χ3v) is 5.52. The van der Waals surface area contributed by atoms with Crippen LogP contribution in [0.25, 0.3) is 30.8 Å². The van der Waals surface area contributed by atoms with Crippen molar-refractivity contribution in [1.29, 1.82) is 0 Å². The summed E-state index contributed by atoms with van der Waals surface area (Å²) in [5, 5.41) is -0.0424. The summed E-state index contributed by atoms with van der Waals surface area (Å²) >= 11 is 1.63. The molecule has 0 aliphatic rings. The van der Waals surface area contributed by atoms with Crippen LogP contribution in [0.15, 0.2) is 24.3 Å². The molecule has 4 aromatic rings. The molecular weight excluding hydrogens is 398 g/mol. The molecule has 0 bridgehead atoms. The Morgan fingerprint density at radius 2 is 0.962 bits per heavy atom. The zero-order valence-electron chi connectivity index (χ0n) is 12.3. The lowest BCUT2D eigenvalue weighted by atomic mass is 10.2. The zero-order chi connectivity index (χ0) is 18.6. The summed E-state index contributed by atoms with van der Waals surface area (Å²) in [4.78, 5) is 8.51. The van der Waals surface area contributed by atoms with Gasteiger partial charge in [0, 0.05) is 12.1 Å². The third kappa shape index (κ3) is 2.74. The van der Waals surface area contributed by atoms with Gasteiger partial charge in [-0.3, -0.25) is 0 Å². The highest BCUT2D eigenvalue weighted by molar-refractivity contribution is 7.29. The number of thiazole rings is 2. The van der Waals surface area contributed by atoms with E-state index in [9.17, 15) is 26.3 Å². The highest BCUT2D eigenvalue weighted by atomic mass is 32.1. The smallest absolute Gasteiger partial charge is 0.169 e. The van der Waals surface area contributed by atoms with Crippen molar-refractivity contribution < 1.29 is 26.3 Å². The van der Waals surface area contributed by atoms with Crippen molar-refractivity contribution in [2.45, 2.75) is 0 Å². The number of fused-ring (bicyclic) bond motifs is 1. The van der Waals surface area contributed by atoms with Crippen LogP contribution in [-0.4, -0.2) is 9.97 Å². The van der Waals surface area contributed by atoms with Crippen molar-refractivity contribution in [2.75, 3.05) is 0 Å².